The minimum atomic E-state index is -0.390. The Hall–Kier alpha value is -3.00. The third kappa shape index (κ3) is 3.31. The molecule has 0 spiro atoms. The normalized spacial score (nSPS) is 19.4. The Balaban J connectivity index is 1.56. The highest BCUT2D eigenvalue weighted by molar-refractivity contribution is 8.01. The summed E-state index contributed by atoms with van der Waals surface area (Å²) in [5.41, 5.74) is 5.20. The van der Waals surface area contributed by atoms with Gasteiger partial charge in [-0.25, -0.2) is 9.99 Å². The van der Waals surface area contributed by atoms with Crippen LogP contribution in [-0.2, 0) is 16.1 Å². The molecular weight excluding hydrogens is 376 g/mol. The number of carbonyl (C=O) groups excluding carboxylic acids is 2. The van der Waals surface area contributed by atoms with E-state index >= 15 is 0 Å². The molecule has 4 rings (SSSR count). The van der Waals surface area contributed by atoms with Crippen molar-refractivity contribution in [3.63, 3.8) is 0 Å². The zero-order valence-corrected chi connectivity index (χ0v) is 16.3. The molecule has 28 heavy (non-hydrogen) atoms. The number of hydrogen-bond acceptors (Lipinski definition) is 5. The van der Waals surface area contributed by atoms with Crippen LogP contribution in [0.3, 0.4) is 0 Å². The summed E-state index contributed by atoms with van der Waals surface area (Å²) in [4.78, 5) is 29.8. The van der Waals surface area contributed by atoms with Crippen LogP contribution in [0.5, 0.6) is 5.75 Å². The molecule has 0 bridgehead atoms. The first kappa shape index (κ1) is 18.4. The van der Waals surface area contributed by atoms with Gasteiger partial charge in [-0.2, -0.15) is 0 Å². The number of amides is 2. The van der Waals surface area contributed by atoms with Crippen LogP contribution in [0.15, 0.2) is 48.5 Å². The molecule has 7 nitrogen and oxygen atoms in total. The number of thioether (sulfide) groups is 1. The highest BCUT2D eigenvalue weighted by Gasteiger charge is 2.40. The van der Waals surface area contributed by atoms with Crippen LogP contribution in [0, 0.1) is 6.92 Å². The molecule has 2 N–H and O–H groups in total. The van der Waals surface area contributed by atoms with Crippen molar-refractivity contribution in [2.75, 3.05) is 0 Å². The first-order valence-electron chi connectivity index (χ1n) is 8.93. The number of aromatic hydroxyl groups is 1. The van der Waals surface area contributed by atoms with Crippen molar-refractivity contribution in [2.45, 2.75) is 31.0 Å². The van der Waals surface area contributed by atoms with E-state index in [1.165, 1.54) is 16.8 Å². The number of nitrogens with one attached hydrogen (secondary N) is 1. The summed E-state index contributed by atoms with van der Waals surface area (Å²) in [5.74, 6) is 0.381. The maximum Gasteiger partial charge on any atom is 0.258 e. The number of benzene rings is 2. The van der Waals surface area contributed by atoms with Crippen LogP contribution in [0.1, 0.15) is 23.7 Å². The Morgan fingerprint density at radius 2 is 2.04 bits per heavy atom. The van der Waals surface area contributed by atoms with E-state index in [1.807, 2.05) is 48.7 Å². The van der Waals surface area contributed by atoms with Gasteiger partial charge < -0.3 is 9.67 Å². The second-order valence-electron chi connectivity index (χ2n) is 6.70. The van der Waals surface area contributed by atoms with Gasteiger partial charge in [0.25, 0.3) is 11.8 Å². The van der Waals surface area contributed by atoms with Gasteiger partial charge in [0.15, 0.2) is 0 Å². The standard InChI is InChI=1S/C20H20N4O3S/c1-12-19(27)24(20(28-12)14-6-5-7-15(25)10-14)22-18(26)11-23-13(2)21-16-8-3-4-9-17(16)23/h3-10,12,20,25H,11H2,1-2H3,(H,22,26). The van der Waals surface area contributed by atoms with E-state index in [1.54, 1.807) is 18.2 Å². The fourth-order valence-corrected chi connectivity index (χ4v) is 4.55. The van der Waals surface area contributed by atoms with Crippen LogP contribution in [-0.4, -0.2) is 36.7 Å². The quantitative estimate of drug-likeness (QED) is 0.708. The molecule has 1 fully saturated rings. The maximum absolute atomic E-state index is 12.7. The SMILES string of the molecule is Cc1nc2ccccc2n1CC(=O)NN1C(=O)C(C)SC1c1cccc(O)c1. The van der Waals surface area contributed by atoms with Gasteiger partial charge in [-0.15, -0.1) is 11.8 Å². The Kier molecular flexibility index (Phi) is 4.72. The lowest BCUT2D eigenvalue weighted by molar-refractivity contribution is -0.140. The molecular formula is C20H20N4O3S. The van der Waals surface area contributed by atoms with E-state index in [-0.39, 0.29) is 34.7 Å². The highest BCUT2D eigenvalue weighted by Crippen LogP contribution is 2.42. The van der Waals surface area contributed by atoms with Crippen LogP contribution in [0.25, 0.3) is 11.0 Å². The Labute approximate surface area is 166 Å². The van der Waals surface area contributed by atoms with Gasteiger partial charge in [0.2, 0.25) is 0 Å². The van der Waals surface area contributed by atoms with Crippen molar-refractivity contribution in [2.24, 2.45) is 0 Å². The molecule has 8 heteroatoms. The topological polar surface area (TPSA) is 87.5 Å². The number of imidazole rings is 1. The van der Waals surface area contributed by atoms with Crippen molar-refractivity contribution in [1.29, 1.82) is 0 Å². The summed E-state index contributed by atoms with van der Waals surface area (Å²) in [6, 6.07) is 14.3. The van der Waals surface area contributed by atoms with Gasteiger partial charge in [0.1, 0.15) is 23.5 Å². The average molecular weight is 396 g/mol. The number of nitrogens with zero attached hydrogens (tertiary/aromatic N) is 3. The number of fused-ring (bicyclic) bond motifs is 1. The van der Waals surface area contributed by atoms with E-state index in [4.69, 9.17) is 0 Å². The van der Waals surface area contributed by atoms with Gasteiger partial charge in [0.05, 0.1) is 16.3 Å². The fraction of sp³-hybridized carbons (Fsp3) is 0.250. The molecule has 2 heterocycles. The van der Waals surface area contributed by atoms with Crippen LogP contribution < -0.4 is 5.43 Å². The van der Waals surface area contributed by atoms with E-state index in [0.29, 0.717) is 0 Å². The monoisotopic (exact) mass is 396 g/mol. The van der Waals surface area contributed by atoms with Crippen molar-refractivity contribution < 1.29 is 14.7 Å². The summed E-state index contributed by atoms with van der Waals surface area (Å²) in [5, 5.41) is 10.4. The molecule has 1 aliphatic heterocycles. The molecule has 0 saturated carbocycles. The molecule has 3 aromatic rings. The van der Waals surface area contributed by atoms with Gasteiger partial charge >= 0.3 is 0 Å². The lowest BCUT2D eigenvalue weighted by Crippen LogP contribution is -2.46. The number of aryl methyl sites for hydroxylation is 1. The van der Waals surface area contributed by atoms with E-state index in [2.05, 4.69) is 10.4 Å². The molecule has 2 aromatic carbocycles. The number of phenols is 1. The Morgan fingerprint density at radius 3 is 2.82 bits per heavy atom. The second kappa shape index (κ2) is 7.20. The lowest BCUT2D eigenvalue weighted by Gasteiger charge is -2.25. The molecule has 2 unspecified atom stereocenters. The van der Waals surface area contributed by atoms with Gasteiger partial charge in [-0.05, 0) is 43.7 Å². The van der Waals surface area contributed by atoms with Crippen molar-refractivity contribution in [1.82, 2.24) is 20.0 Å². The number of hydrazine groups is 1. The summed E-state index contributed by atoms with van der Waals surface area (Å²) in [6.07, 6.45) is 0. The zero-order chi connectivity index (χ0) is 19.8. The Bertz CT molecular complexity index is 1060. The van der Waals surface area contributed by atoms with E-state index < -0.39 is 0 Å². The van der Waals surface area contributed by atoms with E-state index in [9.17, 15) is 14.7 Å². The molecule has 2 atom stereocenters. The summed E-state index contributed by atoms with van der Waals surface area (Å²) >= 11 is 1.43. The largest absolute Gasteiger partial charge is 0.508 e. The smallest absolute Gasteiger partial charge is 0.258 e. The molecule has 2 amide bonds. The minimum absolute atomic E-state index is 0.0575. The highest BCUT2D eigenvalue weighted by atomic mass is 32.2. The molecule has 1 aliphatic rings. The number of rotatable bonds is 4. The molecule has 144 valence electrons. The predicted octanol–water partition coefficient (Wildman–Crippen LogP) is 2.74. The number of carbonyl (C=O) groups is 2. The fourth-order valence-electron chi connectivity index (χ4n) is 3.35. The van der Waals surface area contributed by atoms with Crippen molar-refractivity contribution >= 4 is 34.6 Å². The molecule has 0 radical (unpaired) electrons. The summed E-state index contributed by atoms with van der Waals surface area (Å²) in [7, 11) is 0. The predicted molar refractivity (Wildman–Crippen MR) is 107 cm³/mol. The third-order valence-electron chi connectivity index (χ3n) is 4.70. The summed E-state index contributed by atoms with van der Waals surface area (Å²) < 4.78 is 1.82. The van der Waals surface area contributed by atoms with Crippen molar-refractivity contribution in [3.05, 3.63) is 59.9 Å². The molecule has 0 aliphatic carbocycles. The first-order chi connectivity index (χ1) is 13.4. The molecule has 1 saturated heterocycles. The molecule has 1 aromatic heterocycles. The maximum atomic E-state index is 12.7. The lowest BCUT2D eigenvalue weighted by atomic mass is 10.2. The van der Waals surface area contributed by atoms with Crippen LogP contribution in [0.2, 0.25) is 0 Å². The Morgan fingerprint density at radius 1 is 1.25 bits per heavy atom. The zero-order valence-electron chi connectivity index (χ0n) is 15.5. The number of aromatic nitrogens is 2. The van der Waals surface area contributed by atoms with Crippen LogP contribution in [0.4, 0.5) is 0 Å². The number of phenolic OH excluding ortho intramolecular Hbond substituents is 1. The van der Waals surface area contributed by atoms with Crippen molar-refractivity contribution in [3.8, 4) is 5.75 Å². The number of hydrogen-bond donors (Lipinski definition) is 2. The number of para-hydroxylation sites is 2. The first-order valence-corrected chi connectivity index (χ1v) is 9.87. The van der Waals surface area contributed by atoms with E-state index in [0.717, 1.165) is 22.4 Å². The van der Waals surface area contributed by atoms with Gasteiger partial charge in [0, 0.05) is 0 Å². The average Bonchev–Trinajstić information content (AvgIpc) is 3.13. The van der Waals surface area contributed by atoms with Gasteiger partial charge in [-0.3, -0.25) is 15.0 Å². The van der Waals surface area contributed by atoms with Gasteiger partial charge in [-0.1, -0.05) is 24.3 Å². The minimum Gasteiger partial charge on any atom is -0.508 e. The third-order valence-corrected chi connectivity index (χ3v) is 6.05. The summed E-state index contributed by atoms with van der Waals surface area (Å²) in [6.45, 7) is 3.71. The second-order valence-corrected chi connectivity index (χ2v) is 8.13. The van der Waals surface area contributed by atoms with Crippen LogP contribution >= 0.6 is 11.8 Å².